The second-order valence-electron chi connectivity index (χ2n) is 1.57. The van der Waals surface area contributed by atoms with Gasteiger partial charge in [0.05, 0.1) is 6.33 Å². The summed E-state index contributed by atoms with van der Waals surface area (Å²) in [5.41, 5.74) is 0.645. The number of H-pyrrole nitrogens is 1. The SMILES string of the molecule is Cc1cc(=O)nc[nH]1. The summed E-state index contributed by atoms with van der Waals surface area (Å²) in [6.07, 6.45) is 1.39. The molecule has 0 spiro atoms. The van der Waals surface area contributed by atoms with Gasteiger partial charge < -0.3 is 4.98 Å². The molecule has 1 N–H and O–H groups in total. The van der Waals surface area contributed by atoms with Crippen molar-refractivity contribution in [3.05, 3.63) is 28.4 Å². The Balaban J connectivity index is 3.28. The quantitative estimate of drug-likeness (QED) is 0.514. The summed E-state index contributed by atoms with van der Waals surface area (Å²) in [6, 6.07) is 1.44. The molecule has 0 radical (unpaired) electrons. The highest BCUT2D eigenvalue weighted by atomic mass is 16.1. The number of nitrogens with one attached hydrogen (secondary N) is 1. The molecule has 1 heterocycles. The van der Waals surface area contributed by atoms with Gasteiger partial charge in [-0.05, 0) is 6.92 Å². The minimum Gasteiger partial charge on any atom is -0.350 e. The molecule has 1 aromatic heterocycles. The van der Waals surface area contributed by atoms with E-state index in [4.69, 9.17) is 0 Å². The van der Waals surface area contributed by atoms with Crippen molar-refractivity contribution in [3.8, 4) is 0 Å². The fourth-order valence-electron chi connectivity index (χ4n) is 0.462. The van der Waals surface area contributed by atoms with Crippen molar-refractivity contribution >= 4 is 0 Å². The van der Waals surface area contributed by atoms with Crippen molar-refractivity contribution in [2.45, 2.75) is 6.92 Å². The summed E-state index contributed by atoms with van der Waals surface area (Å²) in [5, 5.41) is 0. The van der Waals surface area contributed by atoms with Crippen LogP contribution in [-0.4, -0.2) is 9.97 Å². The average Bonchev–Trinajstić information content (AvgIpc) is 1.64. The summed E-state index contributed by atoms with van der Waals surface area (Å²) >= 11 is 0. The average molecular weight is 110 g/mol. The Labute approximate surface area is 46.4 Å². The van der Waals surface area contributed by atoms with Crippen LogP contribution in [0.1, 0.15) is 5.69 Å². The van der Waals surface area contributed by atoms with E-state index in [1.165, 1.54) is 12.4 Å². The van der Waals surface area contributed by atoms with Crippen LogP contribution in [0.5, 0.6) is 0 Å². The first kappa shape index (κ1) is 5.03. The summed E-state index contributed by atoms with van der Waals surface area (Å²) in [6.45, 7) is 1.81. The normalized spacial score (nSPS) is 9.12. The van der Waals surface area contributed by atoms with Gasteiger partial charge in [0.25, 0.3) is 5.56 Å². The lowest BCUT2D eigenvalue weighted by Gasteiger charge is -1.84. The minimum absolute atomic E-state index is 0.193. The van der Waals surface area contributed by atoms with Crippen LogP contribution < -0.4 is 5.56 Å². The van der Waals surface area contributed by atoms with Gasteiger partial charge in [-0.1, -0.05) is 0 Å². The Hall–Kier alpha value is -1.12. The molecule has 1 rings (SSSR count). The van der Waals surface area contributed by atoms with E-state index in [1.807, 2.05) is 6.92 Å². The zero-order valence-electron chi connectivity index (χ0n) is 4.51. The first-order chi connectivity index (χ1) is 3.79. The Morgan fingerprint density at radius 1 is 1.75 bits per heavy atom. The molecule has 0 aliphatic rings. The number of aromatic amines is 1. The molecule has 1 aromatic rings. The van der Waals surface area contributed by atoms with Gasteiger partial charge in [0, 0.05) is 11.8 Å². The van der Waals surface area contributed by atoms with Crippen molar-refractivity contribution in [1.82, 2.24) is 9.97 Å². The van der Waals surface area contributed by atoms with E-state index >= 15 is 0 Å². The molecule has 0 atom stereocenters. The lowest BCUT2D eigenvalue weighted by Crippen LogP contribution is -2.03. The number of rotatable bonds is 0. The van der Waals surface area contributed by atoms with Crippen LogP contribution in [0.15, 0.2) is 17.2 Å². The fourth-order valence-corrected chi connectivity index (χ4v) is 0.462. The Morgan fingerprint density at radius 3 is 2.88 bits per heavy atom. The van der Waals surface area contributed by atoms with Gasteiger partial charge in [-0.2, -0.15) is 4.98 Å². The zero-order valence-corrected chi connectivity index (χ0v) is 4.51. The molecule has 0 aliphatic heterocycles. The molecule has 0 unspecified atom stereocenters. The molecular formula is C5H6N2O. The highest BCUT2D eigenvalue weighted by molar-refractivity contribution is 4.93. The zero-order chi connectivity index (χ0) is 5.98. The maximum atomic E-state index is 10.4. The molecule has 3 nitrogen and oxygen atoms in total. The molecular weight excluding hydrogens is 104 g/mol. The lowest BCUT2D eigenvalue weighted by molar-refractivity contribution is 1.06. The van der Waals surface area contributed by atoms with E-state index in [0.717, 1.165) is 5.69 Å². The van der Waals surface area contributed by atoms with Gasteiger partial charge in [-0.3, -0.25) is 4.79 Å². The number of hydrogen-bond acceptors (Lipinski definition) is 2. The number of hydrogen-bond donors (Lipinski definition) is 1. The second-order valence-corrected chi connectivity index (χ2v) is 1.57. The van der Waals surface area contributed by atoms with Gasteiger partial charge >= 0.3 is 0 Å². The molecule has 8 heavy (non-hydrogen) atoms. The summed E-state index contributed by atoms with van der Waals surface area (Å²) in [7, 11) is 0. The number of nitrogens with zero attached hydrogens (tertiary/aromatic N) is 1. The van der Waals surface area contributed by atoms with E-state index in [-0.39, 0.29) is 5.56 Å². The Bertz CT molecular complexity index is 228. The van der Waals surface area contributed by atoms with Crippen molar-refractivity contribution < 1.29 is 0 Å². The van der Waals surface area contributed by atoms with E-state index in [9.17, 15) is 4.79 Å². The maximum absolute atomic E-state index is 10.4. The van der Waals surface area contributed by atoms with Gasteiger partial charge in [0.1, 0.15) is 0 Å². The van der Waals surface area contributed by atoms with E-state index in [1.54, 1.807) is 0 Å². The van der Waals surface area contributed by atoms with E-state index < -0.39 is 0 Å². The van der Waals surface area contributed by atoms with Crippen LogP contribution in [0.25, 0.3) is 0 Å². The van der Waals surface area contributed by atoms with E-state index in [2.05, 4.69) is 9.97 Å². The van der Waals surface area contributed by atoms with Gasteiger partial charge in [0.15, 0.2) is 0 Å². The molecule has 0 aliphatic carbocycles. The lowest BCUT2D eigenvalue weighted by atomic mass is 10.5. The van der Waals surface area contributed by atoms with Crippen LogP contribution in [0, 0.1) is 6.92 Å². The van der Waals surface area contributed by atoms with Gasteiger partial charge in [-0.15, -0.1) is 0 Å². The third-order valence-corrected chi connectivity index (χ3v) is 0.824. The number of aromatic nitrogens is 2. The standard InChI is InChI=1S/C5H6N2O/c1-4-2-5(8)7-3-6-4/h2-3H,1H3,(H,6,7,8). The van der Waals surface area contributed by atoms with Crippen molar-refractivity contribution in [2.75, 3.05) is 0 Å². The van der Waals surface area contributed by atoms with Crippen molar-refractivity contribution in [3.63, 3.8) is 0 Å². The second kappa shape index (κ2) is 1.78. The number of aryl methyl sites for hydroxylation is 1. The minimum atomic E-state index is -0.193. The highest BCUT2D eigenvalue weighted by Gasteiger charge is 1.81. The molecule has 42 valence electrons. The Morgan fingerprint density at radius 2 is 2.50 bits per heavy atom. The molecule has 0 aromatic carbocycles. The topological polar surface area (TPSA) is 45.8 Å². The summed E-state index contributed by atoms with van der Waals surface area (Å²) < 4.78 is 0. The van der Waals surface area contributed by atoms with Gasteiger partial charge in [-0.25, -0.2) is 0 Å². The maximum Gasteiger partial charge on any atom is 0.272 e. The third kappa shape index (κ3) is 0.932. The molecule has 0 fully saturated rings. The van der Waals surface area contributed by atoms with Gasteiger partial charge in [0.2, 0.25) is 0 Å². The van der Waals surface area contributed by atoms with Crippen molar-refractivity contribution in [2.24, 2.45) is 0 Å². The smallest absolute Gasteiger partial charge is 0.272 e. The highest BCUT2D eigenvalue weighted by Crippen LogP contribution is 1.77. The van der Waals surface area contributed by atoms with Crippen LogP contribution in [0.3, 0.4) is 0 Å². The van der Waals surface area contributed by atoms with Crippen LogP contribution >= 0.6 is 0 Å². The third-order valence-electron chi connectivity index (χ3n) is 0.824. The molecule has 0 saturated heterocycles. The molecule has 0 saturated carbocycles. The predicted octanol–water partition coefficient (Wildman–Crippen LogP) is 0.0783. The van der Waals surface area contributed by atoms with E-state index in [0.29, 0.717) is 0 Å². The van der Waals surface area contributed by atoms with Crippen LogP contribution in [-0.2, 0) is 0 Å². The predicted molar refractivity (Wildman–Crippen MR) is 29.6 cm³/mol. The Kier molecular flexibility index (Phi) is 1.12. The summed E-state index contributed by atoms with van der Waals surface area (Å²) in [4.78, 5) is 16.5. The molecule has 0 bridgehead atoms. The molecule has 0 amide bonds. The largest absolute Gasteiger partial charge is 0.350 e. The van der Waals surface area contributed by atoms with Crippen LogP contribution in [0.2, 0.25) is 0 Å². The summed E-state index contributed by atoms with van der Waals surface area (Å²) in [5.74, 6) is 0. The monoisotopic (exact) mass is 110 g/mol. The van der Waals surface area contributed by atoms with Crippen LogP contribution in [0.4, 0.5) is 0 Å². The molecule has 3 heteroatoms. The first-order valence-corrected chi connectivity index (χ1v) is 2.30. The fraction of sp³-hybridized carbons (Fsp3) is 0.200. The van der Waals surface area contributed by atoms with Crippen molar-refractivity contribution in [1.29, 1.82) is 0 Å². The first-order valence-electron chi connectivity index (χ1n) is 2.30.